The molecule has 38 heavy (non-hydrogen) atoms. The Morgan fingerprint density at radius 3 is 2.37 bits per heavy atom. The zero-order chi connectivity index (χ0) is 26.4. The molecule has 0 aliphatic carbocycles. The van der Waals surface area contributed by atoms with E-state index in [-0.39, 0.29) is 11.4 Å². The maximum atomic E-state index is 14.3. The summed E-state index contributed by atoms with van der Waals surface area (Å²) in [5, 5.41) is 4.43. The minimum absolute atomic E-state index is 0.115. The van der Waals surface area contributed by atoms with Crippen molar-refractivity contribution in [2.45, 2.75) is 13.1 Å². The lowest BCUT2D eigenvalue weighted by Crippen LogP contribution is -2.44. The number of pyridine rings is 2. The second-order valence-electron chi connectivity index (χ2n) is 9.26. The topological polar surface area (TPSA) is 75.9 Å². The zero-order valence-electron chi connectivity index (χ0n) is 20.5. The summed E-state index contributed by atoms with van der Waals surface area (Å²) >= 11 is 0. The first-order chi connectivity index (χ1) is 18.3. The minimum Gasteiger partial charge on any atom is -0.368 e. The van der Waals surface area contributed by atoms with Gasteiger partial charge in [-0.25, -0.2) is 9.97 Å². The average Bonchev–Trinajstić information content (AvgIpc) is 2.93. The second-order valence-corrected chi connectivity index (χ2v) is 9.26. The Morgan fingerprint density at radius 1 is 0.868 bits per heavy atom. The van der Waals surface area contributed by atoms with Crippen molar-refractivity contribution in [1.82, 2.24) is 24.8 Å². The van der Waals surface area contributed by atoms with Crippen LogP contribution in [-0.2, 0) is 6.18 Å². The van der Waals surface area contributed by atoms with E-state index < -0.39 is 17.3 Å². The molecule has 3 aromatic heterocycles. The molecule has 1 N–H and O–H groups in total. The van der Waals surface area contributed by atoms with Crippen molar-refractivity contribution in [1.29, 1.82) is 0 Å². The molecule has 1 fully saturated rings. The Hall–Kier alpha value is -4.31. The van der Waals surface area contributed by atoms with Gasteiger partial charge in [-0.05, 0) is 48.9 Å². The molecule has 2 aromatic carbocycles. The van der Waals surface area contributed by atoms with E-state index in [2.05, 4.69) is 20.3 Å². The fourth-order valence-corrected chi connectivity index (χ4v) is 4.96. The Morgan fingerprint density at radius 2 is 1.63 bits per heavy atom. The summed E-state index contributed by atoms with van der Waals surface area (Å²) in [7, 11) is 0. The third-order valence-corrected chi connectivity index (χ3v) is 6.83. The van der Waals surface area contributed by atoms with Crippen LogP contribution in [0.4, 0.5) is 18.9 Å². The number of nitrogens with one attached hydrogen (secondary N) is 1. The number of nitrogens with zero attached hydrogens (tertiary/aromatic N) is 5. The van der Waals surface area contributed by atoms with Crippen LogP contribution in [0.25, 0.3) is 38.6 Å². The number of alkyl halides is 3. The van der Waals surface area contributed by atoms with Gasteiger partial charge in [-0.15, -0.1) is 0 Å². The van der Waals surface area contributed by atoms with E-state index in [1.54, 1.807) is 42.5 Å². The molecule has 1 aliphatic heterocycles. The Balaban J connectivity index is 1.60. The van der Waals surface area contributed by atoms with Crippen LogP contribution in [0.2, 0.25) is 0 Å². The van der Waals surface area contributed by atoms with Gasteiger partial charge in [0, 0.05) is 72.9 Å². The monoisotopic (exact) mass is 516 g/mol. The van der Waals surface area contributed by atoms with Gasteiger partial charge in [-0.3, -0.25) is 14.3 Å². The lowest BCUT2D eigenvalue weighted by molar-refractivity contribution is -0.137. The summed E-state index contributed by atoms with van der Waals surface area (Å²) in [5.74, 6) is 0.639. The van der Waals surface area contributed by atoms with Crippen molar-refractivity contribution in [2.75, 3.05) is 31.1 Å². The number of halogens is 3. The molecule has 0 saturated carbocycles. The molecule has 0 atom stereocenters. The number of aromatic nitrogens is 4. The van der Waals surface area contributed by atoms with Crippen LogP contribution in [0.1, 0.15) is 11.4 Å². The summed E-state index contributed by atoms with van der Waals surface area (Å²) in [6, 6.07) is 12.7. The van der Waals surface area contributed by atoms with Gasteiger partial charge in [0.05, 0.1) is 22.3 Å². The molecule has 0 radical (unpaired) electrons. The predicted molar refractivity (Wildman–Crippen MR) is 141 cm³/mol. The van der Waals surface area contributed by atoms with Crippen LogP contribution < -0.4 is 15.8 Å². The first-order valence-corrected chi connectivity index (χ1v) is 12.2. The quantitative estimate of drug-likeness (QED) is 0.350. The molecule has 5 aromatic rings. The molecule has 0 spiro atoms. The van der Waals surface area contributed by atoms with E-state index in [9.17, 15) is 18.0 Å². The SMILES string of the molecule is Cc1ncc(-c2ccc3ncc4ccc(=O)n(-c5ccc(N6CCNCC6)c(C(F)(F)F)c5)c4c3c2)cn1. The Labute approximate surface area is 215 Å². The molecule has 4 heterocycles. The first-order valence-electron chi connectivity index (χ1n) is 12.2. The summed E-state index contributed by atoms with van der Waals surface area (Å²) in [4.78, 5) is 28.0. The molecule has 1 saturated heterocycles. The van der Waals surface area contributed by atoms with Gasteiger partial charge in [0.15, 0.2) is 0 Å². The van der Waals surface area contributed by atoms with Gasteiger partial charge in [-0.1, -0.05) is 6.07 Å². The summed E-state index contributed by atoms with van der Waals surface area (Å²) in [5.41, 5.74) is 1.74. The van der Waals surface area contributed by atoms with Crippen molar-refractivity contribution in [2.24, 2.45) is 0 Å². The van der Waals surface area contributed by atoms with Crippen molar-refractivity contribution >= 4 is 27.5 Å². The number of anilines is 1. The van der Waals surface area contributed by atoms with E-state index >= 15 is 0 Å². The molecular formula is C28H23F3N6O. The van der Waals surface area contributed by atoms with E-state index in [4.69, 9.17) is 0 Å². The number of rotatable bonds is 3. The number of benzene rings is 2. The first kappa shape index (κ1) is 24.1. The molecule has 0 amide bonds. The molecule has 10 heteroatoms. The third kappa shape index (κ3) is 4.26. The molecule has 7 nitrogen and oxygen atoms in total. The van der Waals surface area contributed by atoms with Crippen LogP contribution in [0.15, 0.2) is 71.9 Å². The van der Waals surface area contributed by atoms with Crippen LogP contribution in [0.5, 0.6) is 0 Å². The van der Waals surface area contributed by atoms with Crippen LogP contribution in [-0.4, -0.2) is 45.7 Å². The van der Waals surface area contributed by atoms with Crippen LogP contribution >= 0.6 is 0 Å². The number of fused-ring (bicyclic) bond motifs is 3. The molecular weight excluding hydrogens is 493 g/mol. The number of piperazine rings is 1. The van der Waals surface area contributed by atoms with E-state index in [1.807, 2.05) is 18.2 Å². The second kappa shape index (κ2) is 9.21. The highest BCUT2D eigenvalue weighted by Gasteiger charge is 2.36. The number of hydrogen-bond acceptors (Lipinski definition) is 6. The highest BCUT2D eigenvalue weighted by molar-refractivity contribution is 6.05. The van der Waals surface area contributed by atoms with Crippen molar-refractivity contribution in [3.05, 3.63) is 88.9 Å². The van der Waals surface area contributed by atoms with Crippen molar-refractivity contribution in [3.8, 4) is 16.8 Å². The molecule has 192 valence electrons. The van der Waals surface area contributed by atoms with Crippen molar-refractivity contribution in [3.63, 3.8) is 0 Å². The van der Waals surface area contributed by atoms with E-state index in [0.29, 0.717) is 53.8 Å². The molecule has 0 bridgehead atoms. The fraction of sp³-hybridized carbons (Fsp3) is 0.214. The van der Waals surface area contributed by atoms with Gasteiger partial charge in [0.1, 0.15) is 5.82 Å². The average molecular weight is 517 g/mol. The maximum absolute atomic E-state index is 14.3. The van der Waals surface area contributed by atoms with Gasteiger partial charge in [-0.2, -0.15) is 13.2 Å². The lowest BCUT2D eigenvalue weighted by atomic mass is 10.0. The van der Waals surface area contributed by atoms with Crippen LogP contribution in [0.3, 0.4) is 0 Å². The lowest BCUT2D eigenvalue weighted by Gasteiger charge is -2.32. The fourth-order valence-electron chi connectivity index (χ4n) is 4.96. The summed E-state index contributed by atoms with van der Waals surface area (Å²) < 4.78 is 44.2. The predicted octanol–water partition coefficient (Wildman–Crippen LogP) is 4.73. The zero-order valence-corrected chi connectivity index (χ0v) is 20.5. The van der Waals surface area contributed by atoms with E-state index in [0.717, 1.165) is 17.2 Å². The third-order valence-electron chi connectivity index (χ3n) is 6.83. The van der Waals surface area contributed by atoms with Gasteiger partial charge in [0.25, 0.3) is 5.56 Å². The van der Waals surface area contributed by atoms with E-state index in [1.165, 1.54) is 16.7 Å². The van der Waals surface area contributed by atoms with Crippen molar-refractivity contribution < 1.29 is 13.2 Å². The maximum Gasteiger partial charge on any atom is 0.418 e. The summed E-state index contributed by atoms with van der Waals surface area (Å²) in [6.07, 6.45) is 0.452. The minimum atomic E-state index is -4.59. The Kier molecular flexibility index (Phi) is 5.83. The number of hydrogen-bond donors (Lipinski definition) is 1. The van der Waals surface area contributed by atoms with Gasteiger partial charge >= 0.3 is 6.18 Å². The highest BCUT2D eigenvalue weighted by Crippen LogP contribution is 2.39. The molecule has 0 unspecified atom stereocenters. The normalized spacial score (nSPS) is 14.4. The standard InChI is InChI=1S/C28H23F3N6O/c1-17-33-15-20(16-34-17)18-2-5-24-22(12-18)27-19(14-35-24)3-7-26(38)37(27)21-4-6-25(23(13-21)28(29,30)31)36-10-8-32-9-11-36/h2-7,12-16,32H,8-11H2,1H3. The van der Waals surface area contributed by atoms with Crippen LogP contribution in [0, 0.1) is 6.92 Å². The summed E-state index contributed by atoms with van der Waals surface area (Å²) in [6.45, 7) is 3.95. The molecule has 1 aliphatic rings. The van der Waals surface area contributed by atoms with Gasteiger partial charge < -0.3 is 10.2 Å². The molecule has 6 rings (SSSR count). The Bertz CT molecular complexity index is 1720. The van der Waals surface area contributed by atoms with Gasteiger partial charge in [0.2, 0.25) is 0 Å². The largest absolute Gasteiger partial charge is 0.418 e. The smallest absolute Gasteiger partial charge is 0.368 e. The highest BCUT2D eigenvalue weighted by atomic mass is 19.4. The number of aryl methyl sites for hydroxylation is 1.